The first-order chi connectivity index (χ1) is 13.1. The van der Waals surface area contributed by atoms with E-state index in [1.54, 1.807) is 0 Å². The van der Waals surface area contributed by atoms with Crippen LogP contribution >= 0.6 is 11.6 Å². The molecule has 0 radical (unpaired) electrons. The van der Waals surface area contributed by atoms with Crippen LogP contribution in [0.25, 0.3) is 0 Å². The predicted octanol–water partition coefficient (Wildman–Crippen LogP) is 3.23. The number of aromatic amines is 1. The van der Waals surface area contributed by atoms with Gasteiger partial charge in [-0.3, -0.25) is 14.7 Å². The van der Waals surface area contributed by atoms with E-state index in [0.29, 0.717) is 24.5 Å². The summed E-state index contributed by atoms with van der Waals surface area (Å²) in [7, 11) is 0. The van der Waals surface area contributed by atoms with Crippen molar-refractivity contribution in [2.24, 2.45) is 5.41 Å². The van der Waals surface area contributed by atoms with E-state index in [1.165, 1.54) is 6.20 Å². The molecule has 0 unspecified atom stereocenters. The summed E-state index contributed by atoms with van der Waals surface area (Å²) >= 11 is 6.11. The Bertz CT molecular complexity index is 853. The minimum absolute atomic E-state index is 0.00925. The van der Waals surface area contributed by atoms with Crippen LogP contribution in [0.4, 0.5) is 0 Å². The van der Waals surface area contributed by atoms with Gasteiger partial charge in [0, 0.05) is 12.1 Å². The number of aromatic nitrogens is 2. The molecule has 27 heavy (non-hydrogen) atoms. The van der Waals surface area contributed by atoms with Gasteiger partial charge < -0.3 is 9.64 Å². The van der Waals surface area contributed by atoms with E-state index < -0.39 is 5.41 Å². The number of amides is 1. The number of nitrogens with one attached hydrogen (secondary N) is 1. The number of carbonyl (C=O) groups excluding carboxylic acids is 2. The van der Waals surface area contributed by atoms with Crippen molar-refractivity contribution in [1.29, 1.82) is 0 Å². The van der Waals surface area contributed by atoms with Crippen LogP contribution in [0.3, 0.4) is 0 Å². The van der Waals surface area contributed by atoms with Crippen LogP contribution in [0.5, 0.6) is 0 Å². The van der Waals surface area contributed by atoms with Crippen LogP contribution in [0.15, 0.2) is 36.5 Å². The fraction of sp³-hybridized carbons (Fsp3) is 0.450. The summed E-state index contributed by atoms with van der Waals surface area (Å²) in [5, 5.41) is 6.85. The third kappa shape index (κ3) is 2.92. The molecule has 4 rings (SSSR count). The molecule has 3 atom stereocenters. The number of hydrogen-bond donors (Lipinski definition) is 1. The minimum atomic E-state index is -0.720. The number of halogens is 1. The Balaban J connectivity index is 1.70. The first kappa shape index (κ1) is 18.0. The number of fused-ring (bicyclic) bond motifs is 2. The summed E-state index contributed by atoms with van der Waals surface area (Å²) < 4.78 is 5.47. The number of benzene rings is 1. The molecule has 2 fully saturated rings. The quantitative estimate of drug-likeness (QED) is 0.799. The molecule has 1 N–H and O–H groups in total. The Hall–Kier alpha value is -2.34. The van der Waals surface area contributed by atoms with E-state index in [-0.39, 0.29) is 29.7 Å². The number of ether oxygens (including phenoxy) is 1. The maximum absolute atomic E-state index is 13.1. The highest BCUT2D eigenvalue weighted by Gasteiger charge is 2.62. The zero-order valence-corrected chi connectivity index (χ0v) is 15.9. The summed E-state index contributed by atoms with van der Waals surface area (Å²) in [6.45, 7) is 2.14. The molecule has 2 bridgehead atoms. The van der Waals surface area contributed by atoms with Crippen LogP contribution in [-0.2, 0) is 16.0 Å². The van der Waals surface area contributed by atoms with Crippen molar-refractivity contribution in [2.75, 3.05) is 6.61 Å². The fourth-order valence-electron chi connectivity index (χ4n) is 4.76. The van der Waals surface area contributed by atoms with Gasteiger partial charge in [0.1, 0.15) is 5.69 Å². The highest BCUT2D eigenvalue weighted by molar-refractivity contribution is 6.33. The van der Waals surface area contributed by atoms with Crippen molar-refractivity contribution >= 4 is 23.5 Å². The Morgan fingerprint density at radius 2 is 2.11 bits per heavy atom. The number of carbonyl (C=O) groups is 2. The van der Waals surface area contributed by atoms with Crippen molar-refractivity contribution in [1.82, 2.24) is 15.1 Å². The van der Waals surface area contributed by atoms with Gasteiger partial charge in [-0.15, -0.1) is 0 Å². The van der Waals surface area contributed by atoms with Crippen molar-refractivity contribution in [3.63, 3.8) is 0 Å². The lowest BCUT2D eigenvalue weighted by Crippen LogP contribution is -2.47. The van der Waals surface area contributed by atoms with E-state index in [1.807, 2.05) is 42.2 Å². The second-order valence-electron chi connectivity index (χ2n) is 7.30. The highest BCUT2D eigenvalue weighted by Crippen LogP contribution is 2.52. The number of nitrogens with zero attached hydrogens (tertiary/aromatic N) is 2. The summed E-state index contributed by atoms with van der Waals surface area (Å²) in [6.07, 6.45) is 4.28. The number of esters is 1. The van der Waals surface area contributed by atoms with Gasteiger partial charge in [0.25, 0.3) is 5.91 Å². The second-order valence-corrected chi connectivity index (χ2v) is 7.70. The molecule has 1 amide bonds. The molecule has 0 spiro atoms. The summed E-state index contributed by atoms with van der Waals surface area (Å²) in [6, 6.07) is 9.74. The highest BCUT2D eigenvalue weighted by atomic mass is 35.5. The van der Waals surface area contributed by atoms with Crippen LogP contribution < -0.4 is 0 Å². The van der Waals surface area contributed by atoms with Gasteiger partial charge >= 0.3 is 5.97 Å². The zero-order valence-electron chi connectivity index (χ0n) is 15.2. The average Bonchev–Trinajstić information content (AvgIpc) is 3.35. The standard InChI is InChI=1S/C20H22ClN3O3/c1-2-27-19(26)20(10-13-6-4-3-5-7-13)11-14-8-9-16(20)24(14)18(25)17-15(21)12-22-23-17/h3-7,12,14,16H,2,8-11H2,1H3,(H,22,23)/t14-,16+,20+/m1/s1. The molecule has 2 aliphatic rings. The molecule has 0 saturated carbocycles. The van der Waals surface area contributed by atoms with Crippen LogP contribution in [0.2, 0.25) is 5.02 Å². The van der Waals surface area contributed by atoms with Crippen LogP contribution in [0, 0.1) is 5.41 Å². The summed E-state index contributed by atoms with van der Waals surface area (Å²) in [5.41, 5.74) is 0.639. The van der Waals surface area contributed by atoms with Crippen LogP contribution in [-0.4, -0.2) is 45.7 Å². The third-order valence-electron chi connectivity index (χ3n) is 5.83. The maximum atomic E-state index is 13.1. The van der Waals surface area contributed by atoms with Gasteiger partial charge in [-0.05, 0) is 38.2 Å². The Kier molecular flexibility index (Phi) is 4.68. The summed E-state index contributed by atoms with van der Waals surface area (Å²) in [5.74, 6) is -0.404. The Morgan fingerprint density at radius 1 is 1.33 bits per heavy atom. The molecule has 0 aliphatic carbocycles. The van der Waals surface area contributed by atoms with Crippen LogP contribution in [0.1, 0.15) is 42.2 Å². The van der Waals surface area contributed by atoms with E-state index >= 15 is 0 Å². The van der Waals surface area contributed by atoms with Crippen molar-refractivity contribution in [2.45, 2.75) is 44.7 Å². The Morgan fingerprint density at radius 3 is 2.78 bits per heavy atom. The van der Waals surface area contributed by atoms with Crippen molar-refractivity contribution in [3.05, 3.63) is 52.8 Å². The first-order valence-corrected chi connectivity index (χ1v) is 9.67. The normalized spacial score (nSPS) is 26.4. The molecular formula is C20H22ClN3O3. The summed E-state index contributed by atoms with van der Waals surface area (Å²) in [4.78, 5) is 28.0. The third-order valence-corrected chi connectivity index (χ3v) is 6.11. The molecule has 3 heterocycles. The smallest absolute Gasteiger partial charge is 0.314 e. The second kappa shape index (κ2) is 7.00. The monoisotopic (exact) mass is 387 g/mol. The van der Waals surface area contributed by atoms with Crippen molar-refractivity contribution < 1.29 is 14.3 Å². The molecule has 7 heteroatoms. The maximum Gasteiger partial charge on any atom is 0.314 e. The fourth-order valence-corrected chi connectivity index (χ4v) is 4.93. The lowest BCUT2D eigenvalue weighted by Gasteiger charge is -2.35. The van der Waals surface area contributed by atoms with Gasteiger partial charge in [0.05, 0.1) is 23.2 Å². The largest absolute Gasteiger partial charge is 0.465 e. The predicted molar refractivity (Wildman–Crippen MR) is 100 cm³/mol. The zero-order chi connectivity index (χ0) is 19.0. The minimum Gasteiger partial charge on any atom is -0.465 e. The Labute approximate surface area is 162 Å². The number of H-pyrrole nitrogens is 1. The first-order valence-electron chi connectivity index (χ1n) is 9.29. The van der Waals surface area contributed by atoms with E-state index in [0.717, 1.165) is 18.4 Å². The molecule has 6 nitrogen and oxygen atoms in total. The molecule has 2 saturated heterocycles. The van der Waals surface area contributed by atoms with Gasteiger partial charge in [-0.2, -0.15) is 5.10 Å². The SMILES string of the molecule is CCOC(=O)[C@@]1(Cc2ccccc2)C[C@H]2CC[C@@H]1N2C(=O)c1[nH]ncc1Cl. The molecule has 2 aromatic rings. The van der Waals surface area contributed by atoms with E-state index in [9.17, 15) is 9.59 Å². The van der Waals surface area contributed by atoms with Gasteiger partial charge in [-0.1, -0.05) is 41.9 Å². The lowest BCUT2D eigenvalue weighted by atomic mass is 9.70. The van der Waals surface area contributed by atoms with Gasteiger partial charge in [0.2, 0.25) is 0 Å². The molecule has 2 aliphatic heterocycles. The lowest BCUT2D eigenvalue weighted by molar-refractivity contribution is -0.157. The topological polar surface area (TPSA) is 75.3 Å². The molecule has 1 aromatic carbocycles. The molecular weight excluding hydrogens is 366 g/mol. The number of rotatable bonds is 5. The van der Waals surface area contributed by atoms with Gasteiger partial charge in [0.15, 0.2) is 0 Å². The molecule has 142 valence electrons. The van der Waals surface area contributed by atoms with E-state index in [2.05, 4.69) is 10.2 Å². The molecule has 1 aromatic heterocycles. The average molecular weight is 388 g/mol. The number of hydrogen-bond acceptors (Lipinski definition) is 4. The van der Waals surface area contributed by atoms with Gasteiger partial charge in [-0.25, -0.2) is 0 Å². The van der Waals surface area contributed by atoms with E-state index in [4.69, 9.17) is 16.3 Å². The van der Waals surface area contributed by atoms with Crippen molar-refractivity contribution in [3.8, 4) is 0 Å².